The molecule has 0 saturated heterocycles. The summed E-state index contributed by atoms with van der Waals surface area (Å²) >= 11 is 7.51. The zero-order valence-electron chi connectivity index (χ0n) is 16.6. The standard InChI is InChI=1S/C22H19ClN2O3S2/c1-13-10-19(25-30(26,27)18-9-5-7-16(23)12-18)20-14(2)21(29-22(20)24-13)15-6-4-8-17(11-15)28-3/h4-12H,1-3H3,(H,24,25). The number of sulfonamides is 1. The minimum atomic E-state index is -3.80. The van der Waals surface area contributed by atoms with Gasteiger partial charge >= 0.3 is 0 Å². The van der Waals surface area contributed by atoms with Crippen molar-refractivity contribution in [2.75, 3.05) is 11.8 Å². The van der Waals surface area contributed by atoms with E-state index >= 15 is 0 Å². The van der Waals surface area contributed by atoms with E-state index in [2.05, 4.69) is 9.71 Å². The van der Waals surface area contributed by atoms with Crippen molar-refractivity contribution in [3.63, 3.8) is 0 Å². The summed E-state index contributed by atoms with van der Waals surface area (Å²) in [6, 6.07) is 15.7. The molecule has 0 aliphatic heterocycles. The zero-order valence-corrected chi connectivity index (χ0v) is 19.0. The Labute approximate surface area is 184 Å². The predicted octanol–water partition coefficient (Wildman–Crippen LogP) is 6.04. The molecule has 30 heavy (non-hydrogen) atoms. The molecule has 0 saturated carbocycles. The highest BCUT2D eigenvalue weighted by Crippen LogP contribution is 2.42. The summed E-state index contributed by atoms with van der Waals surface area (Å²) in [5, 5.41) is 1.15. The zero-order chi connectivity index (χ0) is 21.5. The topological polar surface area (TPSA) is 68.3 Å². The summed E-state index contributed by atoms with van der Waals surface area (Å²) in [5.74, 6) is 0.760. The number of pyridine rings is 1. The number of benzene rings is 2. The van der Waals surface area contributed by atoms with Crippen molar-refractivity contribution in [1.29, 1.82) is 0 Å². The van der Waals surface area contributed by atoms with Crippen molar-refractivity contribution in [2.24, 2.45) is 0 Å². The molecule has 8 heteroatoms. The van der Waals surface area contributed by atoms with E-state index in [-0.39, 0.29) is 4.90 Å². The Morgan fingerprint density at radius 2 is 1.83 bits per heavy atom. The van der Waals surface area contributed by atoms with E-state index in [4.69, 9.17) is 16.3 Å². The Hall–Kier alpha value is -2.61. The van der Waals surface area contributed by atoms with Gasteiger partial charge in [0.2, 0.25) is 0 Å². The van der Waals surface area contributed by atoms with Crippen LogP contribution in [0, 0.1) is 13.8 Å². The second kappa shape index (κ2) is 7.91. The van der Waals surface area contributed by atoms with Crippen molar-refractivity contribution in [3.8, 4) is 16.2 Å². The van der Waals surface area contributed by atoms with Crippen LogP contribution < -0.4 is 9.46 Å². The SMILES string of the molecule is COc1cccc(-c2sc3nc(C)cc(NS(=O)(=O)c4cccc(Cl)c4)c3c2C)c1. The molecule has 154 valence electrons. The first kappa shape index (κ1) is 20.7. The van der Waals surface area contributed by atoms with Crippen LogP contribution in [0.4, 0.5) is 5.69 Å². The largest absolute Gasteiger partial charge is 0.497 e. The maximum atomic E-state index is 13.0. The average molecular weight is 459 g/mol. The summed E-state index contributed by atoms with van der Waals surface area (Å²) in [6.07, 6.45) is 0. The van der Waals surface area contributed by atoms with E-state index < -0.39 is 10.0 Å². The van der Waals surface area contributed by atoms with Gasteiger partial charge in [-0.15, -0.1) is 11.3 Å². The second-order valence-electron chi connectivity index (χ2n) is 6.84. The monoisotopic (exact) mass is 458 g/mol. The van der Waals surface area contributed by atoms with Crippen molar-refractivity contribution < 1.29 is 13.2 Å². The maximum absolute atomic E-state index is 13.0. The average Bonchev–Trinajstić information content (AvgIpc) is 3.04. The lowest BCUT2D eigenvalue weighted by Gasteiger charge is -2.11. The van der Waals surface area contributed by atoms with E-state index in [0.29, 0.717) is 10.7 Å². The van der Waals surface area contributed by atoms with Crippen molar-refractivity contribution in [1.82, 2.24) is 4.98 Å². The molecule has 0 aliphatic rings. The number of nitrogens with one attached hydrogen (secondary N) is 1. The summed E-state index contributed by atoms with van der Waals surface area (Å²) in [4.78, 5) is 6.53. The number of methoxy groups -OCH3 is 1. The number of ether oxygens (including phenoxy) is 1. The Balaban J connectivity index is 1.86. The van der Waals surface area contributed by atoms with E-state index in [1.807, 2.05) is 38.1 Å². The quantitative estimate of drug-likeness (QED) is 0.395. The van der Waals surface area contributed by atoms with Gasteiger partial charge in [0.1, 0.15) is 10.6 Å². The highest BCUT2D eigenvalue weighted by Gasteiger charge is 2.21. The lowest BCUT2D eigenvalue weighted by Crippen LogP contribution is -2.13. The highest BCUT2D eigenvalue weighted by atomic mass is 35.5. The van der Waals surface area contributed by atoms with Crippen molar-refractivity contribution in [3.05, 3.63) is 70.9 Å². The van der Waals surface area contributed by atoms with Gasteiger partial charge in [0.25, 0.3) is 10.0 Å². The number of hydrogen-bond donors (Lipinski definition) is 1. The van der Waals surface area contributed by atoms with Gasteiger partial charge in [-0.05, 0) is 61.4 Å². The maximum Gasteiger partial charge on any atom is 0.261 e. The van der Waals surface area contributed by atoms with E-state index in [1.54, 1.807) is 25.3 Å². The lowest BCUT2D eigenvalue weighted by atomic mass is 10.1. The lowest BCUT2D eigenvalue weighted by molar-refractivity contribution is 0.415. The molecule has 4 rings (SSSR count). The molecule has 5 nitrogen and oxygen atoms in total. The molecule has 2 heterocycles. The van der Waals surface area contributed by atoms with Crippen LogP contribution >= 0.6 is 22.9 Å². The third kappa shape index (κ3) is 3.88. The van der Waals surface area contributed by atoms with Gasteiger partial charge < -0.3 is 4.74 Å². The summed E-state index contributed by atoms with van der Waals surface area (Å²) in [6.45, 7) is 3.82. The molecule has 2 aromatic heterocycles. The van der Waals surface area contributed by atoms with Gasteiger partial charge in [0, 0.05) is 21.0 Å². The summed E-state index contributed by atoms with van der Waals surface area (Å²) < 4.78 is 34.0. The van der Waals surface area contributed by atoms with Gasteiger partial charge in [-0.1, -0.05) is 29.8 Å². The molecule has 0 amide bonds. The molecule has 0 radical (unpaired) electrons. The molecule has 0 fully saturated rings. The molecule has 0 spiro atoms. The molecule has 0 aliphatic carbocycles. The predicted molar refractivity (Wildman–Crippen MR) is 123 cm³/mol. The molecule has 4 aromatic rings. The fourth-order valence-corrected chi connectivity index (χ4v) is 5.94. The van der Waals surface area contributed by atoms with Crippen molar-refractivity contribution in [2.45, 2.75) is 18.7 Å². The number of aryl methyl sites for hydroxylation is 2. The fourth-order valence-electron chi connectivity index (χ4n) is 3.33. The highest BCUT2D eigenvalue weighted by molar-refractivity contribution is 7.92. The minimum absolute atomic E-state index is 0.110. The number of hydrogen-bond acceptors (Lipinski definition) is 5. The van der Waals surface area contributed by atoms with Crippen LogP contribution in [0.5, 0.6) is 5.75 Å². The van der Waals surface area contributed by atoms with E-state index in [9.17, 15) is 8.42 Å². The Kier molecular flexibility index (Phi) is 5.44. The molecular formula is C22H19ClN2O3S2. The number of anilines is 1. The van der Waals surface area contributed by atoms with Crippen LogP contribution in [0.3, 0.4) is 0 Å². The smallest absolute Gasteiger partial charge is 0.261 e. The van der Waals surface area contributed by atoms with Gasteiger partial charge in [-0.2, -0.15) is 0 Å². The van der Waals surface area contributed by atoms with Crippen LogP contribution in [-0.2, 0) is 10.0 Å². The van der Waals surface area contributed by atoms with Crippen LogP contribution in [0.15, 0.2) is 59.5 Å². The van der Waals surface area contributed by atoms with Crippen LogP contribution in [0.25, 0.3) is 20.7 Å². The first-order chi connectivity index (χ1) is 14.3. The number of fused-ring (bicyclic) bond motifs is 1. The number of halogens is 1. The Morgan fingerprint density at radius 1 is 1.07 bits per heavy atom. The summed E-state index contributed by atoms with van der Waals surface area (Å²) in [5.41, 5.74) is 3.18. The summed E-state index contributed by atoms with van der Waals surface area (Å²) in [7, 11) is -2.17. The first-order valence-corrected chi connectivity index (χ1v) is 11.8. The number of rotatable bonds is 5. The third-order valence-corrected chi connectivity index (χ3v) is 7.54. The minimum Gasteiger partial charge on any atom is -0.497 e. The Morgan fingerprint density at radius 3 is 2.57 bits per heavy atom. The van der Waals surface area contributed by atoms with Crippen LogP contribution in [0.1, 0.15) is 11.3 Å². The molecule has 2 aromatic carbocycles. The molecule has 0 bridgehead atoms. The molecule has 0 unspecified atom stereocenters. The van der Waals surface area contributed by atoms with E-state index in [1.165, 1.54) is 23.5 Å². The van der Waals surface area contributed by atoms with E-state index in [0.717, 1.165) is 37.7 Å². The molecule has 1 N–H and O–H groups in total. The van der Waals surface area contributed by atoms with Crippen LogP contribution in [-0.4, -0.2) is 20.5 Å². The van der Waals surface area contributed by atoms with Gasteiger partial charge in [0.15, 0.2) is 0 Å². The first-order valence-electron chi connectivity index (χ1n) is 9.12. The third-order valence-electron chi connectivity index (χ3n) is 4.71. The fraction of sp³-hybridized carbons (Fsp3) is 0.136. The number of aromatic nitrogens is 1. The molecule has 0 atom stereocenters. The molecular weight excluding hydrogens is 440 g/mol. The number of thiophene rings is 1. The van der Waals surface area contributed by atoms with Gasteiger partial charge in [-0.25, -0.2) is 13.4 Å². The normalized spacial score (nSPS) is 11.6. The van der Waals surface area contributed by atoms with Crippen LogP contribution in [0.2, 0.25) is 5.02 Å². The van der Waals surface area contributed by atoms with Gasteiger partial charge in [0.05, 0.1) is 17.7 Å². The number of nitrogens with zero attached hydrogens (tertiary/aromatic N) is 1. The van der Waals surface area contributed by atoms with Gasteiger partial charge in [-0.3, -0.25) is 4.72 Å². The Bertz CT molecular complexity index is 1360. The second-order valence-corrected chi connectivity index (χ2v) is 9.96. The van der Waals surface area contributed by atoms with Crippen molar-refractivity contribution >= 4 is 48.9 Å².